The van der Waals surface area contributed by atoms with Gasteiger partial charge in [-0.1, -0.05) is 18.2 Å². The molecule has 3 rings (SSSR count). The fourth-order valence-corrected chi connectivity index (χ4v) is 2.63. The van der Waals surface area contributed by atoms with Gasteiger partial charge in [-0.15, -0.1) is 0 Å². The minimum atomic E-state index is -0.115. The minimum Gasteiger partial charge on any atom is -0.379 e. The van der Waals surface area contributed by atoms with Gasteiger partial charge in [-0.25, -0.2) is 0 Å². The molecule has 0 radical (unpaired) electrons. The number of hydrogen-bond acceptors (Lipinski definition) is 4. The first kappa shape index (κ1) is 12.3. The molecule has 1 saturated heterocycles. The number of pyridine rings is 1. The van der Waals surface area contributed by atoms with E-state index in [-0.39, 0.29) is 17.7 Å². The Labute approximate surface area is 111 Å². The van der Waals surface area contributed by atoms with Crippen LogP contribution in [0.1, 0.15) is 10.4 Å². The van der Waals surface area contributed by atoms with Crippen LogP contribution in [0.3, 0.4) is 0 Å². The zero-order valence-electron chi connectivity index (χ0n) is 10.8. The molecule has 2 heterocycles. The highest BCUT2D eigenvalue weighted by atomic mass is 16.5. The summed E-state index contributed by atoms with van der Waals surface area (Å²) in [6.45, 7) is 1.08. The van der Waals surface area contributed by atoms with Gasteiger partial charge in [0.1, 0.15) is 0 Å². The lowest BCUT2D eigenvalue weighted by atomic mass is 9.91. The number of carbonyl (C=O) groups excluding carboxylic acids is 1. The molecule has 4 heteroatoms. The average molecular weight is 256 g/mol. The lowest BCUT2D eigenvalue weighted by molar-refractivity contribution is 0.0894. The number of likely N-dealkylation sites (N-methyl/N-ethyl adjacent to an activating group) is 1. The summed E-state index contributed by atoms with van der Waals surface area (Å²) in [5.41, 5.74) is 0.737. The summed E-state index contributed by atoms with van der Waals surface area (Å²) >= 11 is 0. The van der Waals surface area contributed by atoms with E-state index in [0.717, 1.165) is 16.3 Å². The van der Waals surface area contributed by atoms with Crippen LogP contribution >= 0.6 is 0 Å². The predicted octanol–water partition coefficient (Wildman–Crippen LogP) is 1.65. The second-order valence-electron chi connectivity index (χ2n) is 4.81. The van der Waals surface area contributed by atoms with E-state index in [0.29, 0.717) is 13.2 Å². The van der Waals surface area contributed by atoms with Crippen molar-refractivity contribution in [2.75, 3.05) is 20.3 Å². The van der Waals surface area contributed by atoms with Gasteiger partial charge in [0.05, 0.1) is 19.1 Å². The standard InChI is InChI=1S/C15H16N2O2/c1-16-14-9-19-8-13(14)15(18)11-4-2-3-10-5-6-17-7-12(10)11/h2-7,13-14,16H,8-9H2,1H3. The van der Waals surface area contributed by atoms with Crippen molar-refractivity contribution in [2.24, 2.45) is 5.92 Å². The lowest BCUT2D eigenvalue weighted by Crippen LogP contribution is -2.37. The maximum absolute atomic E-state index is 12.7. The maximum Gasteiger partial charge on any atom is 0.170 e. The van der Waals surface area contributed by atoms with Crippen LogP contribution in [0, 0.1) is 5.92 Å². The highest BCUT2D eigenvalue weighted by molar-refractivity contribution is 6.09. The smallest absolute Gasteiger partial charge is 0.170 e. The zero-order chi connectivity index (χ0) is 13.2. The van der Waals surface area contributed by atoms with E-state index >= 15 is 0 Å². The van der Waals surface area contributed by atoms with Crippen LogP contribution in [0.2, 0.25) is 0 Å². The third-order valence-electron chi connectivity index (χ3n) is 3.74. The van der Waals surface area contributed by atoms with Crippen molar-refractivity contribution in [1.82, 2.24) is 10.3 Å². The highest BCUT2D eigenvalue weighted by Crippen LogP contribution is 2.24. The molecule has 2 atom stereocenters. The van der Waals surface area contributed by atoms with Crippen LogP contribution in [0.25, 0.3) is 10.8 Å². The van der Waals surface area contributed by atoms with Crippen molar-refractivity contribution < 1.29 is 9.53 Å². The van der Waals surface area contributed by atoms with Crippen LogP contribution in [0.5, 0.6) is 0 Å². The highest BCUT2D eigenvalue weighted by Gasteiger charge is 2.33. The second-order valence-corrected chi connectivity index (χ2v) is 4.81. The number of nitrogens with zero attached hydrogens (tertiary/aromatic N) is 1. The third kappa shape index (κ3) is 2.13. The molecule has 1 aromatic heterocycles. The van der Waals surface area contributed by atoms with Gasteiger partial charge in [0.2, 0.25) is 0 Å². The summed E-state index contributed by atoms with van der Waals surface area (Å²) in [6.07, 6.45) is 3.50. The van der Waals surface area contributed by atoms with E-state index in [9.17, 15) is 4.79 Å². The summed E-state index contributed by atoms with van der Waals surface area (Å²) in [4.78, 5) is 16.8. The number of benzene rings is 1. The number of hydrogen-bond donors (Lipinski definition) is 1. The Bertz CT molecular complexity index is 607. The van der Waals surface area contributed by atoms with Crippen molar-refractivity contribution in [2.45, 2.75) is 6.04 Å². The summed E-state index contributed by atoms with van der Waals surface area (Å²) in [5.74, 6) is 0.0197. The largest absolute Gasteiger partial charge is 0.379 e. The molecular formula is C15H16N2O2. The Morgan fingerprint density at radius 2 is 2.26 bits per heavy atom. The first-order valence-electron chi connectivity index (χ1n) is 6.43. The van der Waals surface area contributed by atoms with Gasteiger partial charge in [0.15, 0.2) is 5.78 Å². The quantitative estimate of drug-likeness (QED) is 0.848. The molecule has 98 valence electrons. The van der Waals surface area contributed by atoms with Crippen LogP contribution in [-0.4, -0.2) is 37.1 Å². The molecule has 1 fully saturated rings. The van der Waals surface area contributed by atoms with Crippen LogP contribution < -0.4 is 5.32 Å². The van der Waals surface area contributed by atoms with Gasteiger partial charge >= 0.3 is 0 Å². The van der Waals surface area contributed by atoms with E-state index in [4.69, 9.17) is 4.74 Å². The SMILES string of the molecule is CNC1COCC1C(=O)c1cccc2ccncc12. The topological polar surface area (TPSA) is 51.2 Å². The summed E-state index contributed by atoms with van der Waals surface area (Å²) in [5, 5.41) is 5.11. The van der Waals surface area contributed by atoms with Gasteiger partial charge in [-0.3, -0.25) is 9.78 Å². The second kappa shape index (κ2) is 5.07. The van der Waals surface area contributed by atoms with Gasteiger partial charge < -0.3 is 10.1 Å². The van der Waals surface area contributed by atoms with Crippen molar-refractivity contribution in [3.63, 3.8) is 0 Å². The zero-order valence-corrected chi connectivity index (χ0v) is 10.8. The normalized spacial score (nSPS) is 22.8. The van der Waals surface area contributed by atoms with Gasteiger partial charge in [0.25, 0.3) is 0 Å². The average Bonchev–Trinajstić information content (AvgIpc) is 2.94. The lowest BCUT2D eigenvalue weighted by Gasteiger charge is -2.16. The number of ketones is 1. The molecule has 0 saturated carbocycles. The Balaban J connectivity index is 2.02. The van der Waals surface area contributed by atoms with Crippen molar-refractivity contribution in [3.05, 3.63) is 42.2 Å². The molecule has 2 unspecified atom stereocenters. The molecule has 19 heavy (non-hydrogen) atoms. The molecular weight excluding hydrogens is 240 g/mol. The molecule has 1 N–H and O–H groups in total. The molecule has 0 bridgehead atoms. The van der Waals surface area contributed by atoms with Crippen LogP contribution in [0.15, 0.2) is 36.7 Å². The molecule has 1 aliphatic heterocycles. The number of aromatic nitrogens is 1. The molecule has 2 aromatic rings. The number of ether oxygens (including phenoxy) is 1. The van der Waals surface area contributed by atoms with Gasteiger partial charge in [-0.2, -0.15) is 0 Å². The first-order valence-corrected chi connectivity index (χ1v) is 6.43. The Hall–Kier alpha value is -1.78. The monoisotopic (exact) mass is 256 g/mol. The van der Waals surface area contributed by atoms with Crippen molar-refractivity contribution in [3.8, 4) is 0 Å². The number of nitrogens with one attached hydrogen (secondary N) is 1. The molecule has 4 nitrogen and oxygen atoms in total. The third-order valence-corrected chi connectivity index (χ3v) is 3.74. The Morgan fingerprint density at radius 3 is 3.11 bits per heavy atom. The molecule has 0 amide bonds. The molecule has 0 aliphatic carbocycles. The van der Waals surface area contributed by atoms with Crippen molar-refractivity contribution in [1.29, 1.82) is 0 Å². The summed E-state index contributed by atoms with van der Waals surface area (Å²) in [7, 11) is 1.87. The number of Topliss-reactive ketones (excluding diaryl/α,β-unsaturated/α-hetero) is 1. The van der Waals surface area contributed by atoms with E-state index in [1.807, 2.05) is 31.3 Å². The van der Waals surface area contributed by atoms with E-state index < -0.39 is 0 Å². The number of carbonyl (C=O) groups is 1. The Morgan fingerprint density at radius 1 is 1.37 bits per heavy atom. The van der Waals surface area contributed by atoms with Crippen molar-refractivity contribution >= 4 is 16.6 Å². The fraction of sp³-hybridized carbons (Fsp3) is 0.333. The minimum absolute atomic E-state index is 0.0967. The van der Waals surface area contributed by atoms with Crippen LogP contribution in [0.4, 0.5) is 0 Å². The first-order chi connectivity index (χ1) is 9.31. The maximum atomic E-state index is 12.7. The van der Waals surface area contributed by atoms with Crippen LogP contribution in [-0.2, 0) is 4.74 Å². The van der Waals surface area contributed by atoms with Gasteiger partial charge in [-0.05, 0) is 18.5 Å². The summed E-state index contributed by atoms with van der Waals surface area (Å²) in [6, 6.07) is 7.80. The fourth-order valence-electron chi connectivity index (χ4n) is 2.63. The van der Waals surface area contributed by atoms with E-state index in [1.165, 1.54) is 0 Å². The summed E-state index contributed by atoms with van der Waals surface area (Å²) < 4.78 is 5.42. The van der Waals surface area contributed by atoms with Gasteiger partial charge in [0, 0.05) is 29.4 Å². The molecule has 1 aromatic carbocycles. The Kier molecular flexibility index (Phi) is 3.27. The number of fused-ring (bicyclic) bond motifs is 1. The molecule has 0 spiro atoms. The van der Waals surface area contributed by atoms with E-state index in [1.54, 1.807) is 12.4 Å². The van der Waals surface area contributed by atoms with E-state index in [2.05, 4.69) is 10.3 Å². The number of rotatable bonds is 3. The molecule has 1 aliphatic rings. The predicted molar refractivity (Wildman–Crippen MR) is 73.2 cm³/mol.